The summed E-state index contributed by atoms with van der Waals surface area (Å²) >= 11 is 0. The molecule has 32 heteroatoms. The molecule has 0 aliphatic rings. The van der Waals surface area contributed by atoms with E-state index in [-0.39, 0.29) is 217 Å². The predicted octanol–water partition coefficient (Wildman–Crippen LogP) is -2.63. The van der Waals surface area contributed by atoms with E-state index in [9.17, 15) is 0 Å². The van der Waals surface area contributed by atoms with Crippen molar-refractivity contribution < 1.29 is 270 Å². The number of halogens is 2. The van der Waals surface area contributed by atoms with E-state index in [1.165, 1.54) is 0 Å². The Labute approximate surface area is 630 Å². The number of aliphatic imine (C=N–C) groups is 8. The zero-order valence-electron chi connectivity index (χ0n) is 51.5. The van der Waals surface area contributed by atoms with Crippen molar-refractivity contribution in [2.75, 3.05) is 52.4 Å². The second kappa shape index (κ2) is 71.4. The summed E-state index contributed by atoms with van der Waals surface area (Å²) < 4.78 is 67.9. The number of rotatable bonds is 24. The summed E-state index contributed by atoms with van der Waals surface area (Å²) in [6, 6.07) is 0. The van der Waals surface area contributed by atoms with Gasteiger partial charge in [0.1, 0.15) is 0 Å². The van der Waals surface area contributed by atoms with Crippen LogP contribution in [-0.2, 0) is 68.3 Å². The Hall–Kier alpha value is -0.709. The molecule has 24 nitrogen and oxygen atoms in total. The molecular weight excluding hydrogens is 1400 g/mol. The molecule has 0 heterocycles. The molecule has 84 heavy (non-hydrogen) atoms. The van der Waals surface area contributed by atoms with E-state index in [1.807, 2.05) is 55.4 Å². The van der Waals surface area contributed by atoms with Crippen molar-refractivity contribution in [1.29, 1.82) is 0 Å². The van der Waals surface area contributed by atoms with E-state index < -0.39 is 20.5 Å². The number of aliphatic hydroxyl groups excluding tert-OH is 8. The van der Waals surface area contributed by atoms with E-state index in [2.05, 4.69) is 39.9 Å². The zero-order valence-corrected chi connectivity index (χ0v) is 63.0. The third-order valence-corrected chi connectivity index (χ3v) is 7.50. The molecule has 0 aromatic rings. The van der Waals surface area contributed by atoms with E-state index in [1.54, 1.807) is 104 Å². The minimum atomic E-state index is -4.94. The fraction of sp³-hybridized carbons (Fsp3) is 0.538. The summed E-state index contributed by atoms with van der Waals surface area (Å²) in [4.78, 5) is 34.1. The Kier molecular flexibility index (Phi) is 94.3. The molecular formula is C52H88Cl2Cu4K2N8O16-4. The molecule has 0 saturated heterocycles. The first-order valence-electron chi connectivity index (χ1n) is 24.0. The van der Waals surface area contributed by atoms with Crippen LogP contribution in [0.5, 0.6) is 0 Å². The van der Waals surface area contributed by atoms with Crippen LogP contribution in [0.1, 0.15) is 136 Å². The summed E-state index contributed by atoms with van der Waals surface area (Å²) in [5, 5.41) is 72.1. The molecule has 8 N–H and O–H groups in total. The van der Waals surface area contributed by atoms with Gasteiger partial charge in [0.15, 0.2) is 0 Å². The Bertz CT molecular complexity index is 1760. The van der Waals surface area contributed by atoms with Gasteiger partial charge in [0.25, 0.3) is 0 Å². The van der Waals surface area contributed by atoms with E-state index in [4.69, 9.17) is 78.1 Å². The molecule has 0 rings (SSSR count). The quantitative estimate of drug-likeness (QED) is 0.0212. The first-order valence-corrected chi connectivity index (χ1v) is 26.4. The van der Waals surface area contributed by atoms with E-state index in [0.29, 0.717) is 52.4 Å². The summed E-state index contributed by atoms with van der Waals surface area (Å²) in [6.45, 7) is 33.3. The van der Waals surface area contributed by atoms with Crippen LogP contribution in [0.4, 0.5) is 0 Å². The van der Waals surface area contributed by atoms with Crippen LogP contribution < -0.4 is 140 Å². The predicted molar refractivity (Wildman–Crippen MR) is 293 cm³/mol. The molecule has 496 valence electrons. The van der Waals surface area contributed by atoms with Gasteiger partial charge < -0.3 is 40.9 Å². The van der Waals surface area contributed by atoms with Crippen molar-refractivity contribution in [2.45, 2.75) is 136 Å². The van der Waals surface area contributed by atoms with Crippen molar-refractivity contribution in [3.63, 3.8) is 0 Å². The van der Waals surface area contributed by atoms with Crippen molar-refractivity contribution in [3.8, 4) is 0 Å². The first-order chi connectivity index (χ1) is 35.7. The molecule has 0 aliphatic heterocycles. The maximum atomic E-state index is 9.01. The molecule has 0 saturated carbocycles. The average Bonchev–Trinajstić information content (AvgIpc) is 3.20. The normalized spacial score (nSPS) is 14.2. The summed E-state index contributed by atoms with van der Waals surface area (Å²) in [6.07, 6.45) is 16.5. The van der Waals surface area contributed by atoms with Gasteiger partial charge in [-0.3, -0.25) is 39.9 Å². The van der Waals surface area contributed by atoms with Gasteiger partial charge in [-0.2, -0.15) is 0 Å². The van der Waals surface area contributed by atoms with Gasteiger partial charge >= 0.3 is 161 Å². The summed E-state index contributed by atoms with van der Waals surface area (Å²) in [5.74, 6) is 2.14. The average molecular weight is 1480 g/mol. The van der Waals surface area contributed by atoms with Crippen LogP contribution in [0.25, 0.3) is 0 Å². The molecule has 0 aliphatic carbocycles. The Balaban J connectivity index is -0.0000000761. The molecule has 0 aromatic carbocycles. The second-order valence-corrected chi connectivity index (χ2v) is 18.2. The van der Waals surface area contributed by atoms with Crippen LogP contribution in [0.2, 0.25) is 0 Å². The van der Waals surface area contributed by atoms with Crippen LogP contribution in [0.15, 0.2) is 135 Å². The number of nitrogens with zero attached hydrogens (tertiary/aromatic N) is 8. The van der Waals surface area contributed by atoms with Crippen LogP contribution in [0.3, 0.4) is 0 Å². The monoisotopic (exact) mass is 1480 g/mol. The van der Waals surface area contributed by atoms with Gasteiger partial charge in [-0.15, -0.1) is 0 Å². The SMILES string of the molecule is CC(O)=CC(C)=NCCCN=C(C)C=C(C)O.CC(O)=CC(C)=NCCCN=C(C)C=C(C)O.CC(O)=CC(C)=NCCCN=C(C)C=C(C)O.CC(O)=CC(C)=NCCCN=C(C)C=C(C)O.[Cu].[Cu].[Cu].[Cu].[K+].[K+].[O-][Cl+]([O-])([O-])[O-].[O-][Cl+]([O-])([O-])[O-]. The Morgan fingerprint density at radius 2 is 0.310 bits per heavy atom. The fourth-order valence-corrected chi connectivity index (χ4v) is 5.11. The van der Waals surface area contributed by atoms with E-state index >= 15 is 0 Å². The summed E-state index contributed by atoms with van der Waals surface area (Å²) in [5.41, 5.74) is 6.53. The molecule has 0 unspecified atom stereocenters. The third-order valence-electron chi connectivity index (χ3n) is 7.50. The topological polar surface area (TPSA) is 445 Å². The molecule has 0 spiro atoms. The van der Waals surface area contributed by atoms with Crippen molar-refractivity contribution in [3.05, 3.63) is 94.7 Å². The standard InChI is InChI=1S/4C13H22N2O2.2ClO4.4Cu.2K/c4*1-10(8-12(3)16)14-6-5-7-15-11(2)9-13(4)17;2*2-1(3,4)5;;;;;;/h4*8-9,16-17H,5-7H2,1-4H3;;;;;;;;/q;;;;2*-3;;;;;2*+1. The zero-order chi connectivity index (χ0) is 62.0. The number of hydrogen-bond acceptors (Lipinski definition) is 24. The number of allylic oxidation sites excluding steroid dienone is 16. The van der Waals surface area contributed by atoms with Gasteiger partial charge in [-0.25, -0.2) is 0 Å². The van der Waals surface area contributed by atoms with Crippen LogP contribution in [-0.4, -0.2) is 139 Å². The van der Waals surface area contributed by atoms with E-state index in [0.717, 1.165) is 71.4 Å². The number of hydrogen-bond donors (Lipinski definition) is 8. The molecule has 0 amide bonds. The minimum absolute atomic E-state index is 0. The van der Waals surface area contributed by atoms with Crippen LogP contribution in [0, 0.1) is 20.5 Å². The second-order valence-electron chi connectivity index (χ2n) is 16.6. The molecule has 0 aromatic heterocycles. The van der Waals surface area contributed by atoms with Crippen molar-refractivity contribution in [2.24, 2.45) is 39.9 Å². The third kappa shape index (κ3) is 131. The fourth-order valence-electron chi connectivity index (χ4n) is 5.11. The molecule has 0 bridgehead atoms. The maximum absolute atomic E-state index is 9.01. The van der Waals surface area contributed by atoms with Gasteiger partial charge in [0.05, 0.1) is 46.1 Å². The van der Waals surface area contributed by atoms with Crippen molar-refractivity contribution >= 4 is 45.7 Å². The van der Waals surface area contributed by atoms with Gasteiger partial charge in [-0.1, -0.05) is 0 Å². The molecule has 4 radical (unpaired) electrons. The van der Waals surface area contributed by atoms with Crippen molar-refractivity contribution in [1.82, 2.24) is 0 Å². The van der Waals surface area contributed by atoms with Gasteiger partial charge in [0, 0.05) is 166 Å². The Morgan fingerprint density at radius 1 is 0.238 bits per heavy atom. The molecule has 0 fully saturated rings. The Morgan fingerprint density at radius 3 is 0.369 bits per heavy atom. The van der Waals surface area contributed by atoms with Gasteiger partial charge in [-0.05, 0) is 185 Å². The van der Waals surface area contributed by atoms with Gasteiger partial charge in [0.2, 0.25) is 0 Å². The number of aliphatic hydroxyl groups is 8. The first kappa shape index (κ1) is 111. The molecule has 0 atom stereocenters. The summed E-state index contributed by atoms with van der Waals surface area (Å²) in [7, 11) is -9.89. The van der Waals surface area contributed by atoms with Crippen LogP contribution >= 0.6 is 0 Å².